The molecule has 1 aromatic rings. The Bertz CT molecular complexity index is 324. The summed E-state index contributed by atoms with van der Waals surface area (Å²) in [6.45, 7) is 1.54. The van der Waals surface area contributed by atoms with Gasteiger partial charge in [-0.2, -0.15) is 0 Å². The van der Waals surface area contributed by atoms with Crippen LogP contribution < -0.4 is 10.5 Å². The Balaban J connectivity index is 1.86. The summed E-state index contributed by atoms with van der Waals surface area (Å²) in [5, 5.41) is 0. The van der Waals surface area contributed by atoms with Gasteiger partial charge in [-0.05, 0) is 31.2 Å². The van der Waals surface area contributed by atoms with Gasteiger partial charge >= 0.3 is 0 Å². The SMILES string of the molecule is Cn1ccnc1OCC1CCCCC1CN. The average molecular weight is 223 g/mol. The van der Waals surface area contributed by atoms with E-state index in [0.29, 0.717) is 17.8 Å². The number of imidazole rings is 1. The molecule has 2 atom stereocenters. The van der Waals surface area contributed by atoms with E-state index in [4.69, 9.17) is 10.5 Å². The van der Waals surface area contributed by atoms with E-state index >= 15 is 0 Å². The molecule has 0 bridgehead atoms. The lowest BCUT2D eigenvalue weighted by Crippen LogP contribution is -2.31. The molecular weight excluding hydrogens is 202 g/mol. The Kier molecular flexibility index (Phi) is 3.83. The number of nitrogens with zero attached hydrogens (tertiary/aromatic N) is 2. The third-order valence-electron chi connectivity index (χ3n) is 3.57. The Hall–Kier alpha value is -1.03. The number of aromatic nitrogens is 2. The van der Waals surface area contributed by atoms with E-state index in [0.717, 1.165) is 13.2 Å². The molecule has 1 saturated carbocycles. The fourth-order valence-electron chi connectivity index (χ4n) is 2.49. The highest BCUT2D eigenvalue weighted by atomic mass is 16.5. The van der Waals surface area contributed by atoms with Gasteiger partial charge in [0.2, 0.25) is 0 Å². The van der Waals surface area contributed by atoms with Crippen molar-refractivity contribution in [3.63, 3.8) is 0 Å². The van der Waals surface area contributed by atoms with E-state index in [-0.39, 0.29) is 0 Å². The summed E-state index contributed by atoms with van der Waals surface area (Å²) in [6, 6.07) is 0.710. The first-order chi connectivity index (χ1) is 7.81. The second-order valence-corrected chi connectivity index (χ2v) is 4.67. The molecule has 2 rings (SSSR count). The quantitative estimate of drug-likeness (QED) is 0.843. The van der Waals surface area contributed by atoms with Gasteiger partial charge in [-0.3, -0.25) is 0 Å². The monoisotopic (exact) mass is 223 g/mol. The van der Waals surface area contributed by atoms with Crippen LogP contribution in [0.4, 0.5) is 0 Å². The van der Waals surface area contributed by atoms with Crippen LogP contribution >= 0.6 is 0 Å². The number of hydrogen-bond donors (Lipinski definition) is 1. The van der Waals surface area contributed by atoms with Crippen LogP contribution in [0, 0.1) is 11.8 Å². The molecule has 0 aliphatic heterocycles. The van der Waals surface area contributed by atoms with E-state index in [1.807, 2.05) is 17.8 Å². The van der Waals surface area contributed by atoms with Gasteiger partial charge in [0.05, 0.1) is 6.61 Å². The normalized spacial score (nSPS) is 25.6. The average Bonchev–Trinajstić information content (AvgIpc) is 2.72. The molecule has 16 heavy (non-hydrogen) atoms. The first-order valence-electron chi connectivity index (χ1n) is 6.11. The van der Waals surface area contributed by atoms with Gasteiger partial charge in [-0.1, -0.05) is 12.8 Å². The van der Waals surface area contributed by atoms with Crippen LogP contribution in [0.15, 0.2) is 12.4 Å². The second kappa shape index (κ2) is 5.34. The van der Waals surface area contributed by atoms with Crippen LogP contribution in [-0.4, -0.2) is 22.7 Å². The standard InChI is InChI=1S/C12H21N3O/c1-15-7-6-14-12(15)16-9-11-5-3-2-4-10(11)8-13/h6-7,10-11H,2-5,8-9,13H2,1H3. The highest BCUT2D eigenvalue weighted by Crippen LogP contribution is 2.29. The maximum absolute atomic E-state index is 5.80. The minimum Gasteiger partial charge on any atom is -0.464 e. The molecule has 4 heteroatoms. The van der Waals surface area contributed by atoms with E-state index in [9.17, 15) is 0 Å². The zero-order chi connectivity index (χ0) is 11.4. The number of aryl methyl sites for hydroxylation is 1. The molecular formula is C12H21N3O. The second-order valence-electron chi connectivity index (χ2n) is 4.67. The van der Waals surface area contributed by atoms with E-state index in [1.165, 1.54) is 25.7 Å². The molecule has 1 aliphatic carbocycles. The number of ether oxygens (including phenoxy) is 1. The van der Waals surface area contributed by atoms with Gasteiger partial charge in [-0.15, -0.1) is 0 Å². The molecule has 1 aromatic heterocycles. The minimum atomic E-state index is 0.607. The summed E-state index contributed by atoms with van der Waals surface area (Å²) in [4.78, 5) is 4.16. The predicted octanol–water partition coefficient (Wildman–Crippen LogP) is 1.56. The molecule has 0 amide bonds. The first kappa shape index (κ1) is 11.5. The molecule has 2 unspecified atom stereocenters. The highest BCUT2D eigenvalue weighted by Gasteiger charge is 2.24. The lowest BCUT2D eigenvalue weighted by atomic mass is 9.80. The summed E-state index contributed by atoms with van der Waals surface area (Å²) < 4.78 is 7.65. The van der Waals surface area contributed by atoms with Crippen LogP contribution in [0.5, 0.6) is 6.01 Å². The largest absolute Gasteiger partial charge is 0.464 e. The van der Waals surface area contributed by atoms with Crippen LogP contribution in [0.2, 0.25) is 0 Å². The number of hydrogen-bond acceptors (Lipinski definition) is 3. The van der Waals surface area contributed by atoms with Gasteiger partial charge in [0, 0.05) is 19.4 Å². The van der Waals surface area contributed by atoms with E-state index < -0.39 is 0 Å². The highest BCUT2D eigenvalue weighted by molar-refractivity contribution is 4.97. The maximum atomic E-state index is 5.80. The summed E-state index contributed by atoms with van der Waals surface area (Å²) in [7, 11) is 1.95. The molecule has 0 saturated heterocycles. The van der Waals surface area contributed by atoms with Crippen molar-refractivity contribution in [2.24, 2.45) is 24.6 Å². The molecule has 0 radical (unpaired) electrons. The van der Waals surface area contributed by atoms with Crippen molar-refractivity contribution in [3.05, 3.63) is 12.4 Å². The van der Waals surface area contributed by atoms with Crippen LogP contribution in [0.3, 0.4) is 0 Å². The number of nitrogens with two attached hydrogens (primary N) is 1. The Morgan fingerprint density at radius 3 is 2.81 bits per heavy atom. The van der Waals surface area contributed by atoms with Gasteiger partial charge in [0.15, 0.2) is 0 Å². The molecule has 2 N–H and O–H groups in total. The molecule has 4 nitrogen and oxygen atoms in total. The van der Waals surface area contributed by atoms with Crippen LogP contribution in [0.25, 0.3) is 0 Å². The lowest BCUT2D eigenvalue weighted by Gasteiger charge is -2.30. The molecule has 1 fully saturated rings. The minimum absolute atomic E-state index is 0.607. The molecule has 1 aliphatic rings. The molecule has 1 heterocycles. The summed E-state index contributed by atoms with van der Waals surface area (Å²) in [5.74, 6) is 1.24. The third-order valence-corrected chi connectivity index (χ3v) is 3.57. The van der Waals surface area contributed by atoms with Crippen molar-refractivity contribution in [3.8, 4) is 6.01 Å². The van der Waals surface area contributed by atoms with E-state index in [2.05, 4.69) is 4.98 Å². The zero-order valence-corrected chi connectivity index (χ0v) is 9.93. The van der Waals surface area contributed by atoms with E-state index in [1.54, 1.807) is 6.20 Å². The number of rotatable bonds is 4. The Morgan fingerprint density at radius 2 is 2.19 bits per heavy atom. The summed E-state index contributed by atoms with van der Waals surface area (Å²) in [5.41, 5.74) is 5.80. The van der Waals surface area contributed by atoms with Crippen LogP contribution in [-0.2, 0) is 7.05 Å². The zero-order valence-electron chi connectivity index (χ0n) is 9.93. The fraction of sp³-hybridized carbons (Fsp3) is 0.750. The smallest absolute Gasteiger partial charge is 0.295 e. The van der Waals surface area contributed by atoms with Crippen molar-refractivity contribution >= 4 is 0 Å². The molecule has 0 spiro atoms. The van der Waals surface area contributed by atoms with Crippen molar-refractivity contribution in [2.45, 2.75) is 25.7 Å². The first-order valence-corrected chi connectivity index (χ1v) is 6.11. The summed E-state index contributed by atoms with van der Waals surface area (Å²) >= 11 is 0. The summed E-state index contributed by atoms with van der Waals surface area (Å²) in [6.07, 6.45) is 8.79. The van der Waals surface area contributed by atoms with Gasteiger partial charge in [0.25, 0.3) is 6.01 Å². The van der Waals surface area contributed by atoms with Gasteiger partial charge in [0.1, 0.15) is 0 Å². The van der Waals surface area contributed by atoms with Crippen molar-refractivity contribution in [2.75, 3.05) is 13.2 Å². The predicted molar refractivity (Wildman–Crippen MR) is 63.2 cm³/mol. The Morgan fingerprint density at radius 1 is 1.44 bits per heavy atom. The Labute approximate surface area is 96.8 Å². The van der Waals surface area contributed by atoms with Crippen molar-refractivity contribution in [1.82, 2.24) is 9.55 Å². The third kappa shape index (κ3) is 2.55. The van der Waals surface area contributed by atoms with Crippen LogP contribution in [0.1, 0.15) is 25.7 Å². The lowest BCUT2D eigenvalue weighted by molar-refractivity contribution is 0.143. The van der Waals surface area contributed by atoms with Crippen molar-refractivity contribution < 1.29 is 4.74 Å². The van der Waals surface area contributed by atoms with Gasteiger partial charge in [-0.25, -0.2) is 4.98 Å². The molecule has 90 valence electrons. The van der Waals surface area contributed by atoms with Crippen molar-refractivity contribution in [1.29, 1.82) is 0 Å². The molecule has 0 aromatic carbocycles. The fourth-order valence-corrected chi connectivity index (χ4v) is 2.49. The maximum Gasteiger partial charge on any atom is 0.295 e. The van der Waals surface area contributed by atoms with Gasteiger partial charge < -0.3 is 15.0 Å². The topological polar surface area (TPSA) is 53.1 Å².